The van der Waals surface area contributed by atoms with Crippen molar-refractivity contribution in [1.82, 2.24) is 30.0 Å². The molecule has 3 aliphatic heterocycles. The minimum atomic E-state index is -4.55. The number of amides is 1. The van der Waals surface area contributed by atoms with E-state index < -0.39 is 12.8 Å². The van der Waals surface area contributed by atoms with Gasteiger partial charge in [-0.1, -0.05) is 12.6 Å². The number of rotatable bonds is 9. The van der Waals surface area contributed by atoms with Gasteiger partial charge >= 0.3 is 6.18 Å². The predicted molar refractivity (Wildman–Crippen MR) is 188 cm³/mol. The lowest BCUT2D eigenvalue weighted by Crippen LogP contribution is -2.61. The van der Waals surface area contributed by atoms with E-state index in [2.05, 4.69) is 51.6 Å². The molecule has 50 heavy (non-hydrogen) atoms. The fourth-order valence-corrected chi connectivity index (χ4v) is 8.26. The number of ether oxygens (including phenoxy) is 1. The molecule has 0 unspecified atom stereocenters. The number of hydrogen-bond acceptors (Lipinski definition) is 8. The van der Waals surface area contributed by atoms with Gasteiger partial charge in [-0.2, -0.15) is 23.3 Å². The number of fused-ring (bicyclic) bond motifs is 2. The minimum Gasteiger partial charge on any atom is -0.481 e. The number of H-pyrrole nitrogens is 1. The van der Waals surface area contributed by atoms with Crippen LogP contribution in [0.15, 0.2) is 37.1 Å². The molecule has 0 atom stereocenters. The van der Waals surface area contributed by atoms with Crippen LogP contribution in [0.5, 0.6) is 5.75 Å². The highest BCUT2D eigenvalue weighted by Gasteiger charge is 2.47. The van der Waals surface area contributed by atoms with E-state index in [4.69, 9.17) is 14.7 Å². The summed E-state index contributed by atoms with van der Waals surface area (Å²) in [5.74, 6) is 1.99. The number of likely N-dealkylation sites (tertiary alicyclic amines) is 1. The Hall–Kier alpha value is -4.39. The summed E-state index contributed by atoms with van der Waals surface area (Å²) in [6.07, 6.45) is 2.22. The van der Waals surface area contributed by atoms with Gasteiger partial charge in [-0.25, -0.2) is 4.98 Å². The van der Waals surface area contributed by atoms with Crippen LogP contribution in [0.3, 0.4) is 0 Å². The summed E-state index contributed by atoms with van der Waals surface area (Å²) in [5, 5.41) is 8.86. The molecule has 1 saturated carbocycles. The van der Waals surface area contributed by atoms with Crippen LogP contribution in [-0.2, 0) is 4.79 Å². The number of hydrogen-bond donors (Lipinski definition) is 1. The van der Waals surface area contributed by atoms with Gasteiger partial charge in [-0.05, 0) is 87.5 Å². The van der Waals surface area contributed by atoms with Crippen molar-refractivity contribution in [3.05, 3.63) is 48.2 Å². The van der Waals surface area contributed by atoms with Crippen LogP contribution < -0.4 is 14.5 Å². The topological polar surface area (TPSA) is 93.7 Å². The molecular weight excluding hydrogens is 645 g/mol. The molecule has 13 heteroatoms. The first-order valence-corrected chi connectivity index (χ1v) is 17.5. The highest BCUT2D eigenvalue weighted by Crippen LogP contribution is 2.53. The number of carbonyl (C=O) groups excluding carboxylic acids is 1. The smallest absolute Gasteiger partial charge is 0.422 e. The third kappa shape index (κ3) is 5.92. The van der Waals surface area contributed by atoms with Gasteiger partial charge < -0.3 is 24.3 Å². The molecule has 4 aromatic rings. The van der Waals surface area contributed by atoms with Crippen molar-refractivity contribution >= 4 is 39.5 Å². The molecule has 5 heterocycles. The Morgan fingerprint density at radius 3 is 2.50 bits per heavy atom. The van der Waals surface area contributed by atoms with Crippen LogP contribution in [0.2, 0.25) is 0 Å². The van der Waals surface area contributed by atoms with Gasteiger partial charge in [-0.3, -0.25) is 9.89 Å². The van der Waals surface area contributed by atoms with E-state index in [9.17, 15) is 18.0 Å². The molecule has 10 nitrogen and oxygen atoms in total. The van der Waals surface area contributed by atoms with Gasteiger partial charge in [0.2, 0.25) is 11.9 Å². The number of benzene rings is 2. The lowest BCUT2D eigenvalue weighted by atomic mass is 9.72. The van der Waals surface area contributed by atoms with Gasteiger partial charge in [0.25, 0.3) is 0 Å². The maximum Gasteiger partial charge on any atom is 0.422 e. The normalized spacial score (nSPS) is 19.4. The minimum absolute atomic E-state index is 0.0391. The van der Waals surface area contributed by atoms with Crippen molar-refractivity contribution in [3.63, 3.8) is 0 Å². The van der Waals surface area contributed by atoms with Crippen molar-refractivity contribution in [3.8, 4) is 16.9 Å². The maximum absolute atomic E-state index is 14.0. The average Bonchev–Trinajstić information content (AvgIpc) is 3.79. The molecule has 1 aliphatic carbocycles. The number of piperidine rings is 1. The van der Waals surface area contributed by atoms with Crippen LogP contribution in [0.1, 0.15) is 42.7 Å². The van der Waals surface area contributed by atoms with Crippen LogP contribution in [-0.4, -0.2) is 109 Å². The molecule has 4 aliphatic rings. The van der Waals surface area contributed by atoms with Crippen molar-refractivity contribution < 1.29 is 22.7 Å². The van der Waals surface area contributed by atoms with E-state index in [1.54, 1.807) is 6.20 Å². The molecule has 264 valence electrons. The zero-order chi connectivity index (χ0) is 34.9. The van der Waals surface area contributed by atoms with Gasteiger partial charge in [0.05, 0.1) is 11.7 Å². The summed E-state index contributed by atoms with van der Waals surface area (Å²) in [6.45, 7) is 9.50. The third-order valence-corrected chi connectivity index (χ3v) is 11.0. The summed E-state index contributed by atoms with van der Waals surface area (Å²) in [7, 11) is 4.10. The summed E-state index contributed by atoms with van der Waals surface area (Å²) in [4.78, 5) is 30.9. The molecule has 3 saturated heterocycles. The second-order valence-corrected chi connectivity index (χ2v) is 15.1. The predicted octanol–water partition coefficient (Wildman–Crippen LogP) is 5.91. The summed E-state index contributed by atoms with van der Waals surface area (Å²) in [6, 6.07) is 6.04. The SMILES string of the molecule is C=CC(=O)N1CC2(CCN(c3nc(N4CC(CN(C)C)C4)nc4c(OCC(F)(F)F)c(-c5c(C)ccc6[nH]ncc56)c(C5CC5)cc34)CC2)C1. The first kappa shape index (κ1) is 32.8. The maximum atomic E-state index is 14.0. The van der Waals surface area contributed by atoms with E-state index in [-0.39, 0.29) is 23.0 Å². The average molecular weight is 689 g/mol. The van der Waals surface area contributed by atoms with E-state index in [0.29, 0.717) is 41.4 Å². The lowest BCUT2D eigenvalue weighted by molar-refractivity contribution is -0.153. The van der Waals surface area contributed by atoms with E-state index in [1.165, 1.54) is 6.08 Å². The number of nitrogens with one attached hydrogen (secondary N) is 1. The molecule has 2 aromatic carbocycles. The molecule has 1 N–H and O–H groups in total. The second kappa shape index (κ2) is 12.1. The molecule has 2 aromatic heterocycles. The third-order valence-electron chi connectivity index (χ3n) is 11.0. The Kier molecular flexibility index (Phi) is 7.96. The van der Waals surface area contributed by atoms with Gasteiger partial charge in [0.1, 0.15) is 11.3 Å². The number of nitrogens with zero attached hydrogens (tertiary/aromatic N) is 7. The largest absolute Gasteiger partial charge is 0.481 e. The Morgan fingerprint density at radius 2 is 1.84 bits per heavy atom. The lowest BCUT2D eigenvalue weighted by Gasteiger charge is -2.54. The monoisotopic (exact) mass is 688 g/mol. The Morgan fingerprint density at radius 1 is 1.10 bits per heavy atom. The van der Waals surface area contributed by atoms with E-state index >= 15 is 0 Å². The number of halogens is 3. The number of aromatic nitrogens is 4. The zero-order valence-corrected chi connectivity index (χ0v) is 28.8. The molecular formula is C37H43F3N8O2. The van der Waals surface area contributed by atoms with E-state index in [1.807, 2.05) is 24.0 Å². The molecule has 8 rings (SSSR count). The van der Waals surface area contributed by atoms with Crippen molar-refractivity contribution in [2.75, 3.05) is 76.3 Å². The molecule has 1 amide bonds. The quantitative estimate of drug-likeness (QED) is 0.217. The number of anilines is 2. The van der Waals surface area contributed by atoms with Crippen molar-refractivity contribution in [1.29, 1.82) is 0 Å². The molecule has 4 fully saturated rings. The number of alkyl halides is 3. The number of aromatic amines is 1. The highest BCUT2D eigenvalue weighted by molar-refractivity contribution is 6.06. The summed E-state index contributed by atoms with van der Waals surface area (Å²) < 4.78 is 48.0. The Labute approximate surface area is 289 Å². The van der Waals surface area contributed by atoms with Crippen LogP contribution in [0.4, 0.5) is 24.9 Å². The van der Waals surface area contributed by atoms with E-state index in [0.717, 1.165) is 91.8 Å². The Balaban J connectivity index is 1.28. The fourth-order valence-electron chi connectivity index (χ4n) is 8.26. The van der Waals surface area contributed by atoms with Crippen LogP contribution in [0, 0.1) is 18.3 Å². The summed E-state index contributed by atoms with van der Waals surface area (Å²) >= 11 is 0. The standard InChI is InChI=1S/C37H43F3N8O2/c1-5-29(49)48-19-36(20-48)10-12-46(13-11-36)34-26-14-25(24-7-8-24)31(30-22(2)6-9-28-27(30)15-41-44-28)33(50-21-37(38,39)40)32(26)42-35(43-34)47-17-23(18-47)16-45(3)4/h5-6,9,14-15,23-24H,1,7-8,10-13,16-21H2,2-4H3,(H,41,44). The molecule has 1 spiro atoms. The zero-order valence-electron chi connectivity index (χ0n) is 28.8. The number of carbonyl (C=O) groups is 1. The van der Waals surface area contributed by atoms with Crippen molar-refractivity contribution in [2.24, 2.45) is 11.3 Å². The fraction of sp³-hybridized carbons (Fsp3) is 0.514. The molecule has 0 bridgehead atoms. The first-order chi connectivity index (χ1) is 23.9. The highest BCUT2D eigenvalue weighted by atomic mass is 19.4. The first-order valence-electron chi connectivity index (χ1n) is 17.5. The number of aryl methyl sites for hydroxylation is 1. The Bertz CT molecular complexity index is 1970. The van der Waals surface area contributed by atoms with Gasteiger partial charge in [0, 0.05) is 73.5 Å². The van der Waals surface area contributed by atoms with Crippen molar-refractivity contribution in [2.45, 2.75) is 44.7 Å². The summed E-state index contributed by atoms with van der Waals surface area (Å²) in [5.41, 5.74) is 4.63. The van der Waals surface area contributed by atoms with Crippen LogP contribution in [0.25, 0.3) is 32.9 Å². The van der Waals surface area contributed by atoms with Gasteiger partial charge in [0.15, 0.2) is 12.4 Å². The van der Waals surface area contributed by atoms with Gasteiger partial charge in [-0.15, -0.1) is 0 Å². The van der Waals surface area contributed by atoms with Crippen LogP contribution >= 0.6 is 0 Å². The second-order valence-electron chi connectivity index (χ2n) is 15.1. The molecule has 0 radical (unpaired) electrons.